The van der Waals surface area contributed by atoms with Gasteiger partial charge in [0.25, 0.3) is 0 Å². The molecule has 0 amide bonds. The Morgan fingerprint density at radius 2 is 0.250 bits per heavy atom. The summed E-state index contributed by atoms with van der Waals surface area (Å²) in [4.78, 5) is 0. The van der Waals surface area contributed by atoms with Crippen molar-refractivity contribution in [2.75, 3.05) is 0 Å². The van der Waals surface area contributed by atoms with Crippen LogP contribution in [0, 0.1) is 6.42 Å². The molecule has 0 heterocycles. The molecule has 17 radical (unpaired) electrons. The molecular weight excluding hydrogens is 1550 g/mol. The zero-order chi connectivity index (χ0) is 2.71. The molecule has 0 aliphatic heterocycles. The van der Waals surface area contributed by atoms with Crippen molar-refractivity contribution < 1.29 is 556 Å². The van der Waals surface area contributed by atoms with E-state index in [1.165, 1.54) is 0 Å². The first-order valence-corrected chi connectivity index (χ1v) is 1.15. The zero-order valence-corrected chi connectivity index (χ0v) is 60.6. The minimum Gasteiger partial charge on any atom is -0.335 e. The third-order valence-corrected chi connectivity index (χ3v) is 0. The van der Waals surface area contributed by atoms with Gasteiger partial charge in [-0.05, 0) is 0 Å². The number of rotatable bonds is 0. The van der Waals surface area contributed by atoms with Crippen LogP contribution in [0.25, 0.3) is 0 Å². The first-order valence-electron chi connectivity index (χ1n) is 1.15. The molecule has 0 bridgehead atoms. The monoisotopic (exact) mass is 1550 g/mol. The Hall–Kier alpha value is 18.8. The van der Waals surface area contributed by atoms with Crippen molar-refractivity contribution in [3.8, 4) is 0 Å². The summed E-state index contributed by atoms with van der Waals surface area (Å²) < 4.78 is 0. The molecule has 0 saturated heterocycles. The molecule has 0 rings (SSSR count). The van der Waals surface area contributed by atoms with E-state index in [2.05, 4.69) is 0 Å². The second kappa shape index (κ2) is 131. The normalized spacial score (nSPS) is 0.900. The molecule has 0 aromatic carbocycles. The molecule has 0 saturated carbocycles. The fourth-order valence-electron chi connectivity index (χ4n) is 0. The molecule has 0 unspecified atom stereocenters. The van der Waals surface area contributed by atoms with E-state index in [0.717, 1.165) is 0 Å². The van der Waals surface area contributed by atoms with E-state index in [1.807, 2.05) is 20.3 Å². The van der Waals surface area contributed by atoms with Gasteiger partial charge in [-0.1, -0.05) is 0 Å². The van der Waals surface area contributed by atoms with Gasteiger partial charge in [0.15, 0.2) is 0 Å². The van der Waals surface area contributed by atoms with Crippen LogP contribution >= 0.6 is 0 Å². The summed E-state index contributed by atoms with van der Waals surface area (Å²) >= 11 is 0. The van der Waals surface area contributed by atoms with E-state index >= 15 is 0 Å². The maximum Gasteiger partial charge on any atom is 0 e. The van der Waals surface area contributed by atoms with Crippen molar-refractivity contribution in [2.24, 2.45) is 0 Å². The van der Waals surface area contributed by atoms with Crippen LogP contribution in [0.4, 0.5) is 0 Å². The third-order valence-electron chi connectivity index (χ3n) is 0. The maximum absolute atomic E-state index is 2.00. The van der Waals surface area contributed by atoms with Crippen LogP contribution in [-0.2, 0) is 556 Å². The summed E-state index contributed by atoms with van der Waals surface area (Å²) in [5, 5.41) is 0. The molecule has 0 aliphatic rings. The van der Waals surface area contributed by atoms with Crippen LogP contribution in [0.1, 0.15) is 13.8 Å². The standard InChI is InChI=1S/C3H7.17Y/c1-3-2;;;;;;;;;;;;;;;;;/h3H,1-2H3;;;;;;;;;;;;;;;;;/q-1;;;;;;;;;;;;;;;;;. The maximum atomic E-state index is 2.00. The molecule has 71 valence electrons. The summed E-state index contributed by atoms with van der Waals surface area (Å²) in [6.07, 6.45) is 2.00. The van der Waals surface area contributed by atoms with Crippen LogP contribution < -0.4 is 0 Å². The smallest absolute Gasteiger partial charge is 0 e. The Balaban J connectivity index is -0.000000000147. The van der Waals surface area contributed by atoms with Gasteiger partial charge in [-0.3, -0.25) is 0 Å². The van der Waals surface area contributed by atoms with E-state index in [4.69, 9.17) is 0 Å². The SMILES string of the molecule is C[CH-]C.[Y].[Y].[Y].[Y].[Y].[Y].[Y].[Y].[Y].[Y].[Y].[Y].[Y].[Y].[Y].[Y].[Y]. The molecule has 0 aromatic heterocycles. The largest absolute Gasteiger partial charge is 0.335 e. The molecule has 20 heavy (non-hydrogen) atoms. The van der Waals surface area contributed by atoms with E-state index in [1.54, 1.807) is 0 Å². The summed E-state index contributed by atoms with van der Waals surface area (Å²) in [6.45, 7) is 4.00. The topological polar surface area (TPSA) is 0 Å². The fraction of sp³-hybridized carbons (Fsp3) is 0.667. The average molecular weight is 1550 g/mol. The van der Waals surface area contributed by atoms with Crippen LogP contribution in [0.3, 0.4) is 0 Å². The van der Waals surface area contributed by atoms with E-state index in [9.17, 15) is 0 Å². The minimum absolute atomic E-state index is 0. The number of hydrogen-bond acceptors (Lipinski definition) is 0. The Morgan fingerprint density at radius 1 is 0.250 bits per heavy atom. The molecule has 0 N–H and O–H groups in total. The Morgan fingerprint density at radius 3 is 0.250 bits per heavy atom. The van der Waals surface area contributed by atoms with Crippen molar-refractivity contribution in [1.29, 1.82) is 0 Å². The van der Waals surface area contributed by atoms with E-state index in [-0.39, 0.29) is 556 Å². The minimum atomic E-state index is 0. The van der Waals surface area contributed by atoms with Crippen LogP contribution in [0.15, 0.2) is 0 Å². The van der Waals surface area contributed by atoms with Crippen molar-refractivity contribution in [2.45, 2.75) is 13.8 Å². The van der Waals surface area contributed by atoms with Gasteiger partial charge >= 0.3 is 0 Å². The van der Waals surface area contributed by atoms with Gasteiger partial charge in [0.1, 0.15) is 0 Å². The average Bonchev–Trinajstić information content (AvgIpc) is 0.918. The predicted molar refractivity (Wildman–Crippen MR) is 15.6 cm³/mol. The summed E-state index contributed by atoms with van der Waals surface area (Å²) in [5.74, 6) is 0. The molecule has 0 nitrogen and oxygen atoms in total. The van der Waals surface area contributed by atoms with Gasteiger partial charge < -0.3 is 6.42 Å². The molecule has 0 spiro atoms. The van der Waals surface area contributed by atoms with Crippen LogP contribution in [0.2, 0.25) is 0 Å². The second-order valence-electron chi connectivity index (χ2n) is 0.577. The zero-order valence-electron chi connectivity index (χ0n) is 12.4. The predicted octanol–water partition coefficient (Wildman–Crippen LogP) is 1.19. The molecule has 0 fully saturated rings. The molecule has 0 aromatic rings. The van der Waals surface area contributed by atoms with Gasteiger partial charge in [-0.2, -0.15) is 13.8 Å². The van der Waals surface area contributed by atoms with Crippen molar-refractivity contribution in [3.05, 3.63) is 6.42 Å². The van der Waals surface area contributed by atoms with E-state index in [0.29, 0.717) is 0 Å². The van der Waals surface area contributed by atoms with Crippen molar-refractivity contribution >= 4 is 0 Å². The Kier molecular flexibility index (Phi) is 838. The molecule has 0 aliphatic carbocycles. The van der Waals surface area contributed by atoms with Crippen molar-refractivity contribution in [1.82, 2.24) is 0 Å². The van der Waals surface area contributed by atoms with Gasteiger partial charge in [-0.15, -0.1) is 0 Å². The van der Waals surface area contributed by atoms with Gasteiger partial charge in [0.05, 0.1) is 0 Å². The van der Waals surface area contributed by atoms with Crippen LogP contribution in [-0.4, -0.2) is 0 Å². The first-order chi connectivity index (χ1) is 1.41. The third kappa shape index (κ3) is 134. The first kappa shape index (κ1) is 128. The molecule has 0 atom stereocenters. The molecular formula is C3H7Y17-. The van der Waals surface area contributed by atoms with Crippen LogP contribution in [0.5, 0.6) is 0 Å². The van der Waals surface area contributed by atoms with Gasteiger partial charge in [-0.25, -0.2) is 0 Å². The van der Waals surface area contributed by atoms with E-state index < -0.39 is 0 Å². The van der Waals surface area contributed by atoms with Gasteiger partial charge in [0, 0.05) is 556 Å². The number of hydrogen-bond donors (Lipinski definition) is 0. The quantitative estimate of drug-likeness (QED) is 0.321. The van der Waals surface area contributed by atoms with Crippen molar-refractivity contribution in [3.63, 3.8) is 0 Å². The summed E-state index contributed by atoms with van der Waals surface area (Å²) in [5.41, 5.74) is 0. The summed E-state index contributed by atoms with van der Waals surface area (Å²) in [7, 11) is 0. The summed E-state index contributed by atoms with van der Waals surface area (Å²) in [6, 6.07) is 0. The van der Waals surface area contributed by atoms with Gasteiger partial charge in [0.2, 0.25) is 0 Å². The fourth-order valence-corrected chi connectivity index (χ4v) is 0. The Bertz CT molecular complexity index is 12.2. The Labute approximate surface area is 555 Å². The molecule has 17 heteroatoms. The second-order valence-corrected chi connectivity index (χ2v) is 0.577.